The molecule has 4 nitrogen and oxygen atoms in total. The molecule has 26 heavy (non-hydrogen) atoms. The number of rotatable bonds is 8. The summed E-state index contributed by atoms with van der Waals surface area (Å²) in [6.45, 7) is 2.91. The quantitative estimate of drug-likeness (QED) is 0.639. The fourth-order valence-electron chi connectivity index (χ4n) is 3.16. The summed E-state index contributed by atoms with van der Waals surface area (Å²) in [5, 5.41) is 18.2. The van der Waals surface area contributed by atoms with Crippen molar-refractivity contribution in [2.45, 2.75) is 38.8 Å². The summed E-state index contributed by atoms with van der Waals surface area (Å²) in [6, 6.07) is 18.3. The van der Waals surface area contributed by atoms with Crippen LogP contribution in [-0.4, -0.2) is 14.9 Å². The van der Waals surface area contributed by atoms with Crippen molar-refractivity contribution in [1.82, 2.24) is 9.78 Å². The van der Waals surface area contributed by atoms with E-state index in [1.165, 1.54) is 11.1 Å². The normalized spacial score (nSPS) is 12.1. The van der Waals surface area contributed by atoms with Gasteiger partial charge in [0.15, 0.2) is 0 Å². The molecule has 1 atom stereocenters. The lowest BCUT2D eigenvalue weighted by Gasteiger charge is -2.11. The predicted octanol–water partition coefficient (Wildman–Crippen LogP) is 4.26. The van der Waals surface area contributed by atoms with Gasteiger partial charge in [0.2, 0.25) is 0 Å². The van der Waals surface area contributed by atoms with E-state index in [4.69, 9.17) is 0 Å². The Bertz CT molecular complexity index is 809. The van der Waals surface area contributed by atoms with Crippen LogP contribution in [0.5, 0.6) is 0 Å². The molecule has 1 unspecified atom stereocenters. The highest BCUT2D eigenvalue weighted by Gasteiger charge is 2.08. The lowest BCUT2D eigenvalue weighted by atomic mass is 10.0. The Labute approximate surface area is 155 Å². The van der Waals surface area contributed by atoms with E-state index in [0.29, 0.717) is 0 Å². The largest absolute Gasteiger partial charge is 0.388 e. The number of benzene rings is 2. The summed E-state index contributed by atoms with van der Waals surface area (Å²) in [5.74, 6) is 0. The van der Waals surface area contributed by atoms with E-state index in [0.717, 1.165) is 42.8 Å². The molecule has 1 aromatic heterocycles. The van der Waals surface area contributed by atoms with Crippen molar-refractivity contribution in [2.24, 2.45) is 7.05 Å². The van der Waals surface area contributed by atoms with Crippen molar-refractivity contribution in [1.29, 1.82) is 0 Å². The molecule has 136 valence electrons. The highest BCUT2D eigenvalue weighted by Crippen LogP contribution is 2.20. The zero-order valence-electron chi connectivity index (χ0n) is 15.5. The molecule has 2 N–H and O–H groups in total. The van der Waals surface area contributed by atoms with E-state index < -0.39 is 6.10 Å². The molecule has 3 aromatic rings. The molecule has 0 bridgehead atoms. The Morgan fingerprint density at radius 1 is 1.08 bits per heavy atom. The van der Waals surface area contributed by atoms with Gasteiger partial charge in [-0.25, -0.2) is 0 Å². The molecule has 0 aliphatic carbocycles. The van der Waals surface area contributed by atoms with Crippen LogP contribution in [0.3, 0.4) is 0 Å². The average molecular weight is 349 g/mol. The van der Waals surface area contributed by atoms with Crippen LogP contribution in [0, 0.1) is 0 Å². The van der Waals surface area contributed by atoms with E-state index in [1.807, 2.05) is 42.1 Å². The van der Waals surface area contributed by atoms with Crippen molar-refractivity contribution < 1.29 is 5.11 Å². The molecule has 0 saturated heterocycles. The molecule has 0 saturated carbocycles. The van der Waals surface area contributed by atoms with Crippen molar-refractivity contribution in [3.05, 3.63) is 83.2 Å². The number of aliphatic hydroxyl groups excluding tert-OH is 1. The van der Waals surface area contributed by atoms with Crippen LogP contribution >= 0.6 is 0 Å². The maximum atomic E-state index is 10.3. The summed E-state index contributed by atoms with van der Waals surface area (Å²) < 4.78 is 1.87. The first-order chi connectivity index (χ1) is 12.7. The van der Waals surface area contributed by atoms with Gasteiger partial charge in [0.25, 0.3) is 0 Å². The number of aryl methyl sites for hydroxylation is 3. The summed E-state index contributed by atoms with van der Waals surface area (Å²) in [4.78, 5) is 0. The summed E-state index contributed by atoms with van der Waals surface area (Å²) in [6.07, 6.45) is 4.20. The number of nitrogens with one attached hydrogen (secondary N) is 1. The molecular formula is C22H27N3O. The van der Waals surface area contributed by atoms with Gasteiger partial charge in [-0.15, -0.1) is 0 Å². The second-order valence-corrected chi connectivity index (χ2v) is 6.64. The number of nitrogens with zero attached hydrogens (tertiary/aromatic N) is 2. The zero-order valence-corrected chi connectivity index (χ0v) is 15.5. The van der Waals surface area contributed by atoms with Crippen LogP contribution in [0.2, 0.25) is 0 Å². The maximum absolute atomic E-state index is 10.3. The van der Waals surface area contributed by atoms with Gasteiger partial charge in [0.1, 0.15) is 0 Å². The second kappa shape index (κ2) is 8.68. The van der Waals surface area contributed by atoms with Crippen LogP contribution in [0.4, 0.5) is 5.69 Å². The monoisotopic (exact) mass is 349 g/mol. The maximum Gasteiger partial charge on any atom is 0.0793 e. The predicted molar refractivity (Wildman–Crippen MR) is 106 cm³/mol. The van der Waals surface area contributed by atoms with Crippen LogP contribution in [-0.2, 0) is 26.4 Å². The van der Waals surface area contributed by atoms with Gasteiger partial charge in [-0.2, -0.15) is 5.10 Å². The minimum Gasteiger partial charge on any atom is -0.388 e. The molecule has 0 spiro atoms. The van der Waals surface area contributed by atoms with Crippen LogP contribution < -0.4 is 5.32 Å². The van der Waals surface area contributed by atoms with Crippen molar-refractivity contribution in [3.8, 4) is 0 Å². The SMILES string of the molecule is CCc1nn(C)cc1CNc1ccc(CCC(O)c2ccccc2)cc1. The smallest absolute Gasteiger partial charge is 0.0793 e. The first-order valence-corrected chi connectivity index (χ1v) is 9.23. The molecule has 0 amide bonds. The molecule has 0 fully saturated rings. The van der Waals surface area contributed by atoms with Gasteiger partial charge in [-0.3, -0.25) is 4.68 Å². The fourth-order valence-corrected chi connectivity index (χ4v) is 3.16. The van der Waals surface area contributed by atoms with E-state index in [9.17, 15) is 5.11 Å². The Hall–Kier alpha value is -2.59. The third kappa shape index (κ3) is 4.73. The first-order valence-electron chi connectivity index (χ1n) is 9.23. The Balaban J connectivity index is 1.52. The van der Waals surface area contributed by atoms with Gasteiger partial charge in [-0.05, 0) is 42.5 Å². The van der Waals surface area contributed by atoms with E-state index >= 15 is 0 Å². The molecule has 2 aromatic carbocycles. The molecular weight excluding hydrogens is 322 g/mol. The fraction of sp³-hybridized carbons (Fsp3) is 0.318. The standard InChI is InChI=1S/C22H27N3O/c1-3-21-19(16-25(2)24-21)15-23-20-12-9-17(10-13-20)11-14-22(26)18-7-5-4-6-8-18/h4-10,12-13,16,22-23,26H,3,11,14-15H2,1-2H3. The topological polar surface area (TPSA) is 50.1 Å². The average Bonchev–Trinajstić information content (AvgIpc) is 3.05. The third-order valence-corrected chi connectivity index (χ3v) is 4.65. The summed E-state index contributed by atoms with van der Waals surface area (Å²) >= 11 is 0. The van der Waals surface area contributed by atoms with Gasteiger partial charge in [-0.1, -0.05) is 49.4 Å². The van der Waals surface area contributed by atoms with E-state index in [2.05, 4.69) is 47.8 Å². The lowest BCUT2D eigenvalue weighted by molar-refractivity contribution is 0.168. The highest BCUT2D eigenvalue weighted by molar-refractivity contribution is 5.45. The second-order valence-electron chi connectivity index (χ2n) is 6.64. The van der Waals surface area contributed by atoms with Crippen molar-refractivity contribution in [3.63, 3.8) is 0 Å². The highest BCUT2D eigenvalue weighted by atomic mass is 16.3. The van der Waals surface area contributed by atoms with Crippen LogP contribution in [0.25, 0.3) is 0 Å². The van der Waals surface area contributed by atoms with Crippen molar-refractivity contribution in [2.75, 3.05) is 5.32 Å². The summed E-state index contributed by atoms with van der Waals surface area (Å²) in [7, 11) is 1.96. The first kappa shape index (κ1) is 18.2. The molecule has 1 heterocycles. The number of hydrogen-bond acceptors (Lipinski definition) is 3. The molecule has 0 aliphatic rings. The third-order valence-electron chi connectivity index (χ3n) is 4.65. The Morgan fingerprint density at radius 3 is 2.50 bits per heavy atom. The minimum atomic E-state index is -0.410. The number of anilines is 1. The molecule has 0 radical (unpaired) electrons. The van der Waals surface area contributed by atoms with Crippen LogP contribution in [0.1, 0.15) is 41.8 Å². The lowest BCUT2D eigenvalue weighted by Crippen LogP contribution is -2.02. The van der Waals surface area contributed by atoms with Gasteiger partial charge >= 0.3 is 0 Å². The number of aromatic nitrogens is 2. The van der Waals surface area contributed by atoms with Crippen LogP contribution in [0.15, 0.2) is 60.8 Å². The van der Waals surface area contributed by atoms with Crippen molar-refractivity contribution >= 4 is 5.69 Å². The van der Waals surface area contributed by atoms with Gasteiger partial charge in [0, 0.05) is 31.0 Å². The minimum absolute atomic E-state index is 0.410. The Morgan fingerprint density at radius 2 is 1.81 bits per heavy atom. The molecule has 3 rings (SSSR count). The molecule has 4 heteroatoms. The van der Waals surface area contributed by atoms with E-state index in [1.54, 1.807) is 0 Å². The number of aliphatic hydroxyl groups is 1. The van der Waals surface area contributed by atoms with E-state index in [-0.39, 0.29) is 0 Å². The Kier molecular flexibility index (Phi) is 6.08. The zero-order chi connectivity index (χ0) is 18.4. The molecule has 0 aliphatic heterocycles. The van der Waals surface area contributed by atoms with Gasteiger partial charge in [0.05, 0.1) is 11.8 Å². The number of hydrogen-bond donors (Lipinski definition) is 2. The summed E-state index contributed by atoms with van der Waals surface area (Å²) in [5.41, 5.74) is 5.70. The van der Waals surface area contributed by atoms with Gasteiger partial charge < -0.3 is 10.4 Å².